The van der Waals surface area contributed by atoms with Crippen LogP contribution >= 0.6 is 0 Å². The molecule has 4 nitrogen and oxygen atoms in total. The highest BCUT2D eigenvalue weighted by Gasteiger charge is 2.37. The van der Waals surface area contributed by atoms with E-state index >= 15 is 0 Å². The number of carbonyl (C=O) groups excluding carboxylic acids is 1. The minimum Gasteiger partial charge on any atom is -0.368 e. The summed E-state index contributed by atoms with van der Waals surface area (Å²) in [5, 5.41) is 0. The number of nitrogens with zero attached hydrogens (tertiary/aromatic N) is 1. The van der Waals surface area contributed by atoms with Crippen LogP contribution in [0.15, 0.2) is 0 Å². The van der Waals surface area contributed by atoms with Crippen LogP contribution in [0, 0.1) is 5.92 Å². The summed E-state index contributed by atoms with van der Waals surface area (Å²) in [6.45, 7) is 2.80. The number of likely N-dealkylation sites (N-methyl/N-ethyl adjacent to an activating group) is 1. The van der Waals surface area contributed by atoms with Crippen LogP contribution in [-0.4, -0.2) is 42.6 Å². The Hall–Kier alpha value is -0.610. The van der Waals surface area contributed by atoms with Gasteiger partial charge >= 0.3 is 0 Å². The van der Waals surface area contributed by atoms with Crippen molar-refractivity contribution in [1.82, 2.24) is 4.90 Å². The quantitative estimate of drug-likeness (QED) is 0.787. The molecule has 1 saturated carbocycles. The lowest BCUT2D eigenvalue weighted by Crippen LogP contribution is -2.53. The summed E-state index contributed by atoms with van der Waals surface area (Å²) in [4.78, 5) is 14.2. The first kappa shape index (κ1) is 12.8. The standard InChI is InChI=1S/C13H24N2O2/c1-9-7-8-17-12(9)13(16)15(2)11-6-4-3-5-10(11)14/h9-12H,3-8,14H2,1-2H3. The molecule has 2 rings (SSSR count). The van der Waals surface area contributed by atoms with Crippen LogP contribution in [0.4, 0.5) is 0 Å². The molecule has 4 unspecified atom stereocenters. The van der Waals surface area contributed by atoms with E-state index in [0.29, 0.717) is 12.5 Å². The largest absolute Gasteiger partial charge is 0.368 e. The third-order valence-corrected chi connectivity index (χ3v) is 4.26. The molecule has 1 aliphatic carbocycles. The summed E-state index contributed by atoms with van der Waals surface area (Å²) in [7, 11) is 1.88. The van der Waals surface area contributed by atoms with Gasteiger partial charge in [0.15, 0.2) is 0 Å². The van der Waals surface area contributed by atoms with E-state index in [1.165, 1.54) is 12.8 Å². The average molecular weight is 240 g/mol. The minimum absolute atomic E-state index is 0.123. The predicted octanol–water partition coefficient (Wildman–Crippen LogP) is 1.14. The fraction of sp³-hybridized carbons (Fsp3) is 0.923. The van der Waals surface area contributed by atoms with Gasteiger partial charge in [-0.1, -0.05) is 19.8 Å². The van der Waals surface area contributed by atoms with Gasteiger partial charge in [-0.25, -0.2) is 0 Å². The summed E-state index contributed by atoms with van der Waals surface area (Å²) in [6.07, 6.45) is 5.18. The second-order valence-electron chi connectivity index (χ2n) is 5.52. The van der Waals surface area contributed by atoms with Crippen LogP contribution in [0.1, 0.15) is 39.0 Å². The Labute approximate surface area is 103 Å². The van der Waals surface area contributed by atoms with Crippen LogP contribution < -0.4 is 5.73 Å². The number of hydrogen-bond donors (Lipinski definition) is 1. The maximum absolute atomic E-state index is 12.3. The molecule has 4 heteroatoms. The lowest BCUT2D eigenvalue weighted by molar-refractivity contribution is -0.144. The zero-order valence-electron chi connectivity index (χ0n) is 10.9. The molecule has 2 N–H and O–H groups in total. The zero-order chi connectivity index (χ0) is 12.4. The Morgan fingerprint density at radius 3 is 2.59 bits per heavy atom. The van der Waals surface area contributed by atoms with E-state index in [9.17, 15) is 4.79 Å². The monoisotopic (exact) mass is 240 g/mol. The van der Waals surface area contributed by atoms with Crippen LogP contribution in [0.5, 0.6) is 0 Å². The van der Waals surface area contributed by atoms with Gasteiger partial charge in [-0.15, -0.1) is 0 Å². The molecule has 0 aromatic carbocycles. The molecule has 0 bridgehead atoms. The fourth-order valence-corrected chi connectivity index (χ4v) is 3.00. The fourth-order valence-electron chi connectivity index (χ4n) is 3.00. The number of carbonyl (C=O) groups is 1. The highest BCUT2D eigenvalue weighted by atomic mass is 16.5. The molecule has 4 atom stereocenters. The topological polar surface area (TPSA) is 55.6 Å². The maximum atomic E-state index is 12.3. The van der Waals surface area contributed by atoms with Crippen LogP contribution in [-0.2, 0) is 9.53 Å². The Kier molecular flexibility index (Phi) is 4.05. The molecular weight excluding hydrogens is 216 g/mol. The van der Waals surface area contributed by atoms with Gasteiger partial charge in [0.05, 0.1) is 0 Å². The van der Waals surface area contributed by atoms with Crippen LogP contribution in [0.2, 0.25) is 0 Å². The lowest BCUT2D eigenvalue weighted by Gasteiger charge is -2.37. The summed E-state index contributed by atoms with van der Waals surface area (Å²) in [5.41, 5.74) is 6.12. The molecule has 0 spiro atoms. The van der Waals surface area contributed by atoms with Crippen molar-refractivity contribution < 1.29 is 9.53 Å². The summed E-state index contributed by atoms with van der Waals surface area (Å²) < 4.78 is 5.54. The smallest absolute Gasteiger partial charge is 0.252 e. The van der Waals surface area contributed by atoms with Crippen molar-refractivity contribution in [1.29, 1.82) is 0 Å². The summed E-state index contributed by atoms with van der Waals surface area (Å²) in [6, 6.07) is 0.335. The van der Waals surface area contributed by atoms with Crippen molar-refractivity contribution in [2.45, 2.75) is 57.2 Å². The number of amides is 1. The first-order chi connectivity index (χ1) is 8.11. The van der Waals surface area contributed by atoms with Gasteiger partial charge in [0, 0.05) is 25.7 Å². The normalized spacial score (nSPS) is 38.1. The van der Waals surface area contributed by atoms with E-state index < -0.39 is 0 Å². The van der Waals surface area contributed by atoms with Gasteiger partial charge in [0.1, 0.15) is 6.10 Å². The summed E-state index contributed by atoms with van der Waals surface area (Å²) in [5.74, 6) is 0.460. The average Bonchev–Trinajstić information content (AvgIpc) is 2.74. The molecule has 1 aliphatic heterocycles. The van der Waals surface area contributed by atoms with Crippen molar-refractivity contribution in [3.63, 3.8) is 0 Å². The van der Waals surface area contributed by atoms with Crippen molar-refractivity contribution >= 4 is 5.91 Å². The third-order valence-electron chi connectivity index (χ3n) is 4.26. The van der Waals surface area contributed by atoms with E-state index in [1.807, 2.05) is 11.9 Å². The maximum Gasteiger partial charge on any atom is 0.252 e. The molecule has 0 radical (unpaired) electrons. The molecule has 1 heterocycles. The first-order valence-corrected chi connectivity index (χ1v) is 6.75. The Morgan fingerprint density at radius 2 is 2.00 bits per heavy atom. The van der Waals surface area contributed by atoms with E-state index in [2.05, 4.69) is 6.92 Å². The van der Waals surface area contributed by atoms with E-state index in [4.69, 9.17) is 10.5 Å². The highest BCUT2D eigenvalue weighted by molar-refractivity contribution is 5.81. The molecular formula is C13H24N2O2. The predicted molar refractivity (Wildman–Crippen MR) is 66.5 cm³/mol. The van der Waals surface area contributed by atoms with Gasteiger partial charge in [-0.3, -0.25) is 4.79 Å². The SMILES string of the molecule is CC1CCOC1C(=O)N(C)C1CCCCC1N. The molecule has 2 fully saturated rings. The molecule has 1 saturated heterocycles. The molecule has 1 amide bonds. The Balaban J connectivity index is 1.98. The number of hydrogen-bond acceptors (Lipinski definition) is 3. The second kappa shape index (κ2) is 5.36. The first-order valence-electron chi connectivity index (χ1n) is 6.75. The van der Waals surface area contributed by atoms with Crippen LogP contribution in [0.3, 0.4) is 0 Å². The molecule has 2 aliphatic rings. The van der Waals surface area contributed by atoms with E-state index in [1.54, 1.807) is 0 Å². The van der Waals surface area contributed by atoms with Crippen molar-refractivity contribution in [2.75, 3.05) is 13.7 Å². The van der Waals surface area contributed by atoms with Crippen molar-refractivity contribution in [3.05, 3.63) is 0 Å². The molecule has 98 valence electrons. The zero-order valence-corrected chi connectivity index (χ0v) is 10.9. The highest BCUT2D eigenvalue weighted by Crippen LogP contribution is 2.26. The molecule has 0 aromatic heterocycles. The third kappa shape index (κ3) is 2.63. The summed E-state index contributed by atoms with van der Waals surface area (Å²) >= 11 is 0. The number of nitrogens with two attached hydrogens (primary N) is 1. The minimum atomic E-state index is -0.242. The Morgan fingerprint density at radius 1 is 1.29 bits per heavy atom. The number of ether oxygens (including phenoxy) is 1. The van der Waals surface area contributed by atoms with E-state index in [-0.39, 0.29) is 24.1 Å². The number of rotatable bonds is 2. The van der Waals surface area contributed by atoms with E-state index in [0.717, 1.165) is 19.3 Å². The Bertz CT molecular complexity index is 283. The van der Waals surface area contributed by atoms with Crippen molar-refractivity contribution in [3.8, 4) is 0 Å². The van der Waals surface area contributed by atoms with Gasteiger partial charge in [-0.05, 0) is 25.2 Å². The lowest BCUT2D eigenvalue weighted by atomic mass is 9.89. The van der Waals surface area contributed by atoms with Crippen molar-refractivity contribution in [2.24, 2.45) is 11.7 Å². The van der Waals surface area contributed by atoms with Gasteiger partial charge in [-0.2, -0.15) is 0 Å². The molecule has 17 heavy (non-hydrogen) atoms. The van der Waals surface area contributed by atoms with Crippen LogP contribution in [0.25, 0.3) is 0 Å². The van der Waals surface area contributed by atoms with Gasteiger partial charge in [0.25, 0.3) is 5.91 Å². The van der Waals surface area contributed by atoms with Gasteiger partial charge < -0.3 is 15.4 Å². The second-order valence-corrected chi connectivity index (χ2v) is 5.52. The van der Waals surface area contributed by atoms with Gasteiger partial charge in [0.2, 0.25) is 0 Å². The molecule has 0 aromatic rings.